The minimum absolute atomic E-state index is 0.0519. The van der Waals surface area contributed by atoms with Gasteiger partial charge in [0.1, 0.15) is 5.25 Å². The van der Waals surface area contributed by atoms with Crippen molar-refractivity contribution in [2.75, 3.05) is 26.2 Å². The molecule has 1 aromatic rings. The molecule has 2 aliphatic heterocycles. The summed E-state index contributed by atoms with van der Waals surface area (Å²) in [6, 6.07) is 9.72. The molecule has 9 heteroatoms. The number of hydrogen-bond donors (Lipinski definition) is 1. The topological polar surface area (TPSA) is 96.0 Å². The van der Waals surface area contributed by atoms with Gasteiger partial charge in [-0.05, 0) is 11.5 Å². The number of imide groups is 1. The summed E-state index contributed by atoms with van der Waals surface area (Å²) in [5, 5.41) is 0.988. The maximum atomic E-state index is 12.8. The molecule has 0 aromatic heterocycles. The van der Waals surface area contributed by atoms with Crippen LogP contribution in [0.3, 0.4) is 0 Å². The molecule has 0 radical (unpaired) electrons. The minimum Gasteiger partial charge on any atom is -0.370 e. The van der Waals surface area contributed by atoms with Crippen molar-refractivity contribution in [2.24, 2.45) is 5.92 Å². The molecule has 0 spiro atoms. The molecule has 162 valence electrons. The van der Waals surface area contributed by atoms with Gasteiger partial charge in [0, 0.05) is 26.1 Å². The zero-order chi connectivity index (χ0) is 21.7. The van der Waals surface area contributed by atoms with Gasteiger partial charge in [0.2, 0.25) is 17.7 Å². The molecule has 1 aromatic carbocycles. The fourth-order valence-corrected chi connectivity index (χ4v) is 4.30. The van der Waals surface area contributed by atoms with Crippen molar-refractivity contribution in [3.05, 3.63) is 35.9 Å². The lowest BCUT2D eigenvalue weighted by molar-refractivity contribution is -0.139. The van der Waals surface area contributed by atoms with E-state index in [1.165, 1.54) is 4.90 Å². The van der Waals surface area contributed by atoms with Crippen LogP contribution in [0.5, 0.6) is 0 Å². The number of amides is 4. The largest absolute Gasteiger partial charge is 0.370 e. The number of rotatable bonds is 7. The van der Waals surface area contributed by atoms with Gasteiger partial charge in [0.25, 0.3) is 5.24 Å². The highest BCUT2D eigenvalue weighted by molar-refractivity contribution is 8.15. The van der Waals surface area contributed by atoms with E-state index in [-0.39, 0.29) is 43.3 Å². The Bertz CT molecular complexity index is 801. The van der Waals surface area contributed by atoms with E-state index < -0.39 is 16.4 Å². The van der Waals surface area contributed by atoms with Crippen LogP contribution >= 0.6 is 11.8 Å². The summed E-state index contributed by atoms with van der Waals surface area (Å²) in [6.07, 6.45) is -0.462. The van der Waals surface area contributed by atoms with Crippen molar-refractivity contribution in [3.63, 3.8) is 0 Å². The maximum absolute atomic E-state index is 12.8. The maximum Gasteiger partial charge on any atom is 0.286 e. The molecule has 2 fully saturated rings. The van der Waals surface area contributed by atoms with Crippen LogP contribution in [0.1, 0.15) is 25.8 Å². The van der Waals surface area contributed by atoms with E-state index in [1.807, 2.05) is 44.2 Å². The van der Waals surface area contributed by atoms with Crippen LogP contribution in [0, 0.1) is 5.92 Å². The minimum atomic E-state index is -0.751. The Morgan fingerprint density at radius 1 is 1.20 bits per heavy atom. The van der Waals surface area contributed by atoms with Crippen LogP contribution in [-0.2, 0) is 25.7 Å². The molecular weight excluding hydrogens is 406 g/mol. The standard InChI is InChI=1S/C21H27N3O5S/c1-14(2)9-23-10-16(29-13-15-6-4-3-5-7-15)11-24(12-19(23)26)18(25)8-17-20(27)22-21(28)30-17/h3-7,14,16-17H,8-13H2,1-2H3,(H,22,27,28)/t16-,17-/m0/s1. The van der Waals surface area contributed by atoms with E-state index in [1.54, 1.807) is 4.90 Å². The lowest BCUT2D eigenvalue weighted by atomic mass is 10.2. The van der Waals surface area contributed by atoms with Crippen molar-refractivity contribution in [3.8, 4) is 0 Å². The van der Waals surface area contributed by atoms with E-state index in [0.717, 1.165) is 17.3 Å². The molecule has 0 unspecified atom stereocenters. The Labute approximate surface area is 180 Å². The van der Waals surface area contributed by atoms with Gasteiger partial charge in [-0.25, -0.2) is 0 Å². The molecule has 30 heavy (non-hydrogen) atoms. The van der Waals surface area contributed by atoms with Gasteiger partial charge >= 0.3 is 0 Å². The third-order valence-electron chi connectivity index (χ3n) is 4.92. The normalized spacial score (nSPS) is 22.4. The predicted octanol–water partition coefficient (Wildman–Crippen LogP) is 1.64. The van der Waals surface area contributed by atoms with E-state index in [4.69, 9.17) is 4.74 Å². The van der Waals surface area contributed by atoms with Gasteiger partial charge in [-0.2, -0.15) is 0 Å². The van der Waals surface area contributed by atoms with Gasteiger partial charge in [0.05, 0.1) is 19.3 Å². The Morgan fingerprint density at radius 3 is 2.57 bits per heavy atom. The second-order valence-electron chi connectivity index (χ2n) is 7.97. The van der Waals surface area contributed by atoms with Crippen LogP contribution in [0.2, 0.25) is 0 Å². The molecular formula is C21H27N3O5S. The Hall–Kier alpha value is -2.39. The molecule has 2 aliphatic rings. The first-order valence-corrected chi connectivity index (χ1v) is 10.9. The first kappa shape index (κ1) is 22.3. The van der Waals surface area contributed by atoms with Gasteiger partial charge < -0.3 is 14.5 Å². The van der Waals surface area contributed by atoms with Crippen LogP contribution in [-0.4, -0.2) is 70.3 Å². The van der Waals surface area contributed by atoms with Crippen molar-refractivity contribution >= 4 is 34.7 Å². The van der Waals surface area contributed by atoms with Crippen LogP contribution < -0.4 is 5.32 Å². The van der Waals surface area contributed by atoms with Crippen LogP contribution in [0.15, 0.2) is 30.3 Å². The van der Waals surface area contributed by atoms with Crippen LogP contribution in [0.4, 0.5) is 4.79 Å². The number of hydrogen-bond acceptors (Lipinski definition) is 6. The third kappa shape index (κ3) is 6.06. The number of ether oxygens (including phenoxy) is 1. The van der Waals surface area contributed by atoms with E-state index in [2.05, 4.69) is 5.32 Å². The highest BCUT2D eigenvalue weighted by Gasteiger charge is 2.37. The Balaban J connectivity index is 1.69. The first-order valence-electron chi connectivity index (χ1n) is 10.0. The number of carbonyl (C=O) groups excluding carboxylic acids is 4. The van der Waals surface area contributed by atoms with Crippen molar-refractivity contribution in [1.29, 1.82) is 0 Å². The molecule has 1 N–H and O–H groups in total. The number of nitrogens with one attached hydrogen (secondary N) is 1. The molecule has 4 amide bonds. The molecule has 0 bridgehead atoms. The number of benzene rings is 1. The Kier molecular flexibility index (Phi) is 7.49. The van der Waals surface area contributed by atoms with E-state index in [0.29, 0.717) is 19.7 Å². The second-order valence-corrected chi connectivity index (χ2v) is 9.15. The summed E-state index contributed by atoms with van der Waals surface area (Å²) in [4.78, 5) is 52.0. The average Bonchev–Trinajstić information content (AvgIpc) is 2.92. The summed E-state index contributed by atoms with van der Waals surface area (Å²) in [5.41, 5.74) is 1.01. The van der Waals surface area contributed by atoms with Crippen molar-refractivity contribution in [2.45, 2.75) is 38.2 Å². The number of carbonyl (C=O) groups is 4. The zero-order valence-electron chi connectivity index (χ0n) is 17.2. The van der Waals surface area contributed by atoms with Crippen LogP contribution in [0.25, 0.3) is 0 Å². The monoisotopic (exact) mass is 433 g/mol. The molecule has 0 saturated carbocycles. The second kappa shape index (κ2) is 10.1. The lowest BCUT2D eigenvalue weighted by Crippen LogP contribution is -2.41. The van der Waals surface area contributed by atoms with Gasteiger partial charge in [0.15, 0.2) is 0 Å². The zero-order valence-corrected chi connectivity index (χ0v) is 18.0. The van der Waals surface area contributed by atoms with Crippen molar-refractivity contribution < 1.29 is 23.9 Å². The smallest absolute Gasteiger partial charge is 0.286 e. The molecule has 8 nitrogen and oxygen atoms in total. The quantitative estimate of drug-likeness (QED) is 0.702. The third-order valence-corrected chi connectivity index (χ3v) is 5.90. The van der Waals surface area contributed by atoms with Gasteiger partial charge in [-0.1, -0.05) is 55.9 Å². The fraction of sp³-hybridized carbons (Fsp3) is 0.524. The summed E-state index contributed by atoms with van der Waals surface area (Å²) in [6.45, 7) is 5.66. The molecule has 2 saturated heterocycles. The lowest BCUT2D eigenvalue weighted by Gasteiger charge is -2.26. The summed E-state index contributed by atoms with van der Waals surface area (Å²) in [7, 11) is 0. The van der Waals surface area contributed by atoms with Gasteiger partial charge in [-0.15, -0.1) is 0 Å². The molecule has 2 heterocycles. The highest BCUT2D eigenvalue weighted by atomic mass is 32.2. The highest BCUT2D eigenvalue weighted by Crippen LogP contribution is 2.23. The first-order chi connectivity index (χ1) is 14.3. The van der Waals surface area contributed by atoms with E-state index >= 15 is 0 Å². The Morgan fingerprint density at radius 2 is 1.93 bits per heavy atom. The summed E-state index contributed by atoms with van der Waals surface area (Å²) >= 11 is 0.816. The van der Waals surface area contributed by atoms with E-state index in [9.17, 15) is 19.2 Å². The number of thioether (sulfide) groups is 1. The summed E-state index contributed by atoms with van der Waals surface area (Å²) in [5.74, 6) is -0.638. The molecule has 3 rings (SSSR count). The predicted molar refractivity (Wildman–Crippen MR) is 113 cm³/mol. The molecule has 2 atom stereocenters. The van der Waals surface area contributed by atoms with Gasteiger partial charge in [-0.3, -0.25) is 24.5 Å². The van der Waals surface area contributed by atoms with Crippen molar-refractivity contribution in [1.82, 2.24) is 15.1 Å². The summed E-state index contributed by atoms with van der Waals surface area (Å²) < 4.78 is 6.07. The SMILES string of the molecule is CC(C)CN1C[C@H](OCc2ccccc2)CN(C(=O)C[C@@H]2SC(=O)NC2=O)CC1=O. The molecule has 0 aliphatic carbocycles. The number of nitrogens with zero attached hydrogens (tertiary/aromatic N) is 2. The fourth-order valence-electron chi connectivity index (χ4n) is 3.50. The average molecular weight is 434 g/mol.